The molecule has 1 aromatic heterocycles. The Kier molecular flexibility index (Phi) is 6.18. The highest BCUT2D eigenvalue weighted by Crippen LogP contribution is 2.25. The summed E-state index contributed by atoms with van der Waals surface area (Å²) in [5.74, 6) is -0.0809. The molecule has 5 nitrogen and oxygen atoms in total. The minimum absolute atomic E-state index is 0.0346. The van der Waals surface area contributed by atoms with Crippen molar-refractivity contribution in [3.8, 4) is 11.3 Å². The SMILES string of the molecule is CC(C)N(C(=O)c1ccccc1-c1ccc(CS(C)(=O)=O)cn1)C(C)C. The number of hydrogen-bond acceptors (Lipinski definition) is 4. The van der Waals surface area contributed by atoms with E-state index in [9.17, 15) is 13.2 Å². The van der Waals surface area contributed by atoms with Gasteiger partial charge in [0.15, 0.2) is 9.84 Å². The number of amides is 1. The Balaban J connectivity index is 2.42. The van der Waals surface area contributed by atoms with E-state index >= 15 is 0 Å². The number of carbonyl (C=O) groups is 1. The molecule has 0 fully saturated rings. The predicted molar refractivity (Wildman–Crippen MR) is 105 cm³/mol. The van der Waals surface area contributed by atoms with E-state index in [1.54, 1.807) is 18.3 Å². The molecule has 1 amide bonds. The average molecular weight is 375 g/mol. The van der Waals surface area contributed by atoms with Crippen molar-refractivity contribution in [1.82, 2.24) is 9.88 Å². The Morgan fingerprint density at radius 3 is 2.15 bits per heavy atom. The van der Waals surface area contributed by atoms with E-state index in [1.165, 1.54) is 6.26 Å². The van der Waals surface area contributed by atoms with Gasteiger partial charge in [-0.3, -0.25) is 9.78 Å². The van der Waals surface area contributed by atoms with Crippen LogP contribution < -0.4 is 0 Å². The van der Waals surface area contributed by atoms with Crippen LogP contribution in [0.5, 0.6) is 0 Å². The van der Waals surface area contributed by atoms with E-state index in [2.05, 4.69) is 4.98 Å². The highest BCUT2D eigenvalue weighted by atomic mass is 32.2. The van der Waals surface area contributed by atoms with Crippen molar-refractivity contribution in [2.24, 2.45) is 0 Å². The molecule has 0 atom stereocenters. The van der Waals surface area contributed by atoms with Gasteiger partial charge in [0, 0.05) is 35.7 Å². The topological polar surface area (TPSA) is 67.3 Å². The van der Waals surface area contributed by atoms with Crippen LogP contribution in [0, 0.1) is 0 Å². The summed E-state index contributed by atoms with van der Waals surface area (Å²) in [5.41, 5.74) is 2.62. The van der Waals surface area contributed by atoms with Crippen LogP contribution >= 0.6 is 0 Å². The third-order valence-corrected chi connectivity index (χ3v) is 4.89. The van der Waals surface area contributed by atoms with Crippen molar-refractivity contribution in [2.45, 2.75) is 45.5 Å². The van der Waals surface area contributed by atoms with Crippen LogP contribution in [0.1, 0.15) is 43.6 Å². The van der Waals surface area contributed by atoms with Crippen LogP contribution in [0.15, 0.2) is 42.6 Å². The second-order valence-corrected chi connectivity index (χ2v) is 9.21. The molecule has 26 heavy (non-hydrogen) atoms. The lowest BCUT2D eigenvalue weighted by molar-refractivity contribution is 0.0644. The lowest BCUT2D eigenvalue weighted by atomic mass is 10.0. The van der Waals surface area contributed by atoms with E-state index < -0.39 is 9.84 Å². The Morgan fingerprint density at radius 1 is 1.04 bits per heavy atom. The predicted octanol–water partition coefficient (Wildman–Crippen LogP) is 3.55. The molecule has 2 rings (SSSR count). The van der Waals surface area contributed by atoms with Crippen molar-refractivity contribution < 1.29 is 13.2 Å². The van der Waals surface area contributed by atoms with E-state index in [-0.39, 0.29) is 23.7 Å². The third-order valence-electron chi connectivity index (χ3n) is 4.03. The highest BCUT2D eigenvalue weighted by molar-refractivity contribution is 7.89. The van der Waals surface area contributed by atoms with Crippen molar-refractivity contribution in [1.29, 1.82) is 0 Å². The van der Waals surface area contributed by atoms with Crippen LogP contribution in [0.2, 0.25) is 0 Å². The van der Waals surface area contributed by atoms with Gasteiger partial charge >= 0.3 is 0 Å². The van der Waals surface area contributed by atoms with Gasteiger partial charge in [-0.25, -0.2) is 8.42 Å². The molecule has 6 heteroatoms. The van der Waals surface area contributed by atoms with Gasteiger partial charge in [-0.1, -0.05) is 24.3 Å². The maximum atomic E-state index is 13.1. The Bertz CT molecular complexity index is 864. The summed E-state index contributed by atoms with van der Waals surface area (Å²) < 4.78 is 22.8. The molecular weight excluding hydrogens is 348 g/mol. The number of aromatic nitrogens is 1. The maximum Gasteiger partial charge on any atom is 0.255 e. The van der Waals surface area contributed by atoms with Crippen LogP contribution in [0.3, 0.4) is 0 Å². The lowest BCUT2D eigenvalue weighted by Crippen LogP contribution is -2.42. The van der Waals surface area contributed by atoms with Gasteiger partial charge in [-0.05, 0) is 45.4 Å². The number of carbonyl (C=O) groups excluding carboxylic acids is 1. The van der Waals surface area contributed by atoms with Crippen LogP contribution in [0.25, 0.3) is 11.3 Å². The van der Waals surface area contributed by atoms with Crippen molar-refractivity contribution >= 4 is 15.7 Å². The molecule has 0 spiro atoms. The molecule has 0 radical (unpaired) electrons. The van der Waals surface area contributed by atoms with E-state index in [1.807, 2.05) is 56.9 Å². The van der Waals surface area contributed by atoms with Gasteiger partial charge < -0.3 is 4.90 Å². The summed E-state index contributed by atoms with van der Waals surface area (Å²) in [4.78, 5) is 19.3. The molecule has 0 aliphatic heterocycles. The first-order valence-electron chi connectivity index (χ1n) is 8.65. The Morgan fingerprint density at radius 2 is 1.65 bits per heavy atom. The van der Waals surface area contributed by atoms with Crippen LogP contribution in [-0.2, 0) is 15.6 Å². The summed E-state index contributed by atoms with van der Waals surface area (Å²) in [7, 11) is -3.11. The maximum absolute atomic E-state index is 13.1. The molecule has 0 saturated carbocycles. The van der Waals surface area contributed by atoms with Crippen molar-refractivity contribution in [2.75, 3.05) is 6.26 Å². The molecule has 0 saturated heterocycles. The first-order valence-corrected chi connectivity index (χ1v) is 10.7. The minimum Gasteiger partial charge on any atom is -0.334 e. The Hall–Kier alpha value is -2.21. The number of hydrogen-bond donors (Lipinski definition) is 0. The molecule has 140 valence electrons. The second kappa shape index (κ2) is 7.99. The summed E-state index contributed by atoms with van der Waals surface area (Å²) in [6.45, 7) is 8.00. The normalized spacial score (nSPS) is 11.8. The minimum atomic E-state index is -3.11. The number of nitrogens with zero attached hydrogens (tertiary/aromatic N) is 2. The van der Waals surface area contributed by atoms with E-state index in [0.717, 1.165) is 5.56 Å². The third kappa shape index (κ3) is 4.91. The number of benzene rings is 1. The Labute approximate surface area is 156 Å². The fourth-order valence-corrected chi connectivity index (χ4v) is 3.85. The van der Waals surface area contributed by atoms with Crippen molar-refractivity contribution in [3.63, 3.8) is 0 Å². The molecule has 1 heterocycles. The zero-order valence-electron chi connectivity index (χ0n) is 15.9. The number of pyridine rings is 1. The van der Waals surface area contributed by atoms with Gasteiger partial charge in [0.25, 0.3) is 5.91 Å². The van der Waals surface area contributed by atoms with Gasteiger partial charge in [0.05, 0.1) is 11.4 Å². The molecule has 0 aliphatic rings. The second-order valence-electron chi connectivity index (χ2n) is 7.07. The molecule has 0 N–H and O–H groups in total. The fraction of sp³-hybridized carbons (Fsp3) is 0.400. The number of sulfone groups is 1. The molecule has 1 aromatic carbocycles. The number of rotatable bonds is 6. The summed E-state index contributed by atoms with van der Waals surface area (Å²) >= 11 is 0. The van der Waals surface area contributed by atoms with Gasteiger partial charge in [-0.2, -0.15) is 0 Å². The summed E-state index contributed by atoms with van der Waals surface area (Å²) in [6, 6.07) is 11.1. The quantitative estimate of drug-likeness (QED) is 0.775. The van der Waals surface area contributed by atoms with Gasteiger partial charge in [0.2, 0.25) is 0 Å². The molecule has 0 unspecified atom stereocenters. The molecule has 0 aliphatic carbocycles. The molecule has 0 bridgehead atoms. The standard InChI is InChI=1S/C20H26N2O3S/c1-14(2)22(15(3)4)20(23)18-9-7-6-8-17(18)19-11-10-16(12-21-19)13-26(5,24)25/h6-12,14-15H,13H2,1-5H3. The fourth-order valence-electron chi connectivity index (χ4n) is 3.07. The summed E-state index contributed by atoms with van der Waals surface area (Å²) in [6.07, 6.45) is 2.75. The molecule has 2 aromatic rings. The average Bonchev–Trinajstić information content (AvgIpc) is 2.53. The monoisotopic (exact) mass is 374 g/mol. The highest BCUT2D eigenvalue weighted by Gasteiger charge is 2.24. The zero-order chi connectivity index (χ0) is 19.5. The van der Waals surface area contributed by atoms with Crippen LogP contribution in [0.4, 0.5) is 0 Å². The van der Waals surface area contributed by atoms with Crippen LogP contribution in [-0.4, -0.2) is 42.5 Å². The molecular formula is C20H26N2O3S. The first-order chi connectivity index (χ1) is 12.1. The van der Waals surface area contributed by atoms with Gasteiger partial charge in [0.1, 0.15) is 0 Å². The first kappa shape index (κ1) is 20.1. The lowest BCUT2D eigenvalue weighted by Gasteiger charge is -2.31. The smallest absolute Gasteiger partial charge is 0.255 e. The van der Waals surface area contributed by atoms with E-state index in [4.69, 9.17) is 0 Å². The summed E-state index contributed by atoms with van der Waals surface area (Å²) in [5, 5.41) is 0. The van der Waals surface area contributed by atoms with Gasteiger partial charge in [-0.15, -0.1) is 0 Å². The largest absolute Gasteiger partial charge is 0.334 e. The van der Waals surface area contributed by atoms with Crippen molar-refractivity contribution in [3.05, 3.63) is 53.7 Å². The zero-order valence-corrected chi connectivity index (χ0v) is 16.7. The van der Waals surface area contributed by atoms with E-state index in [0.29, 0.717) is 16.8 Å².